The zero-order chi connectivity index (χ0) is 13.7. The van der Waals surface area contributed by atoms with Gasteiger partial charge < -0.3 is 10.1 Å². The van der Waals surface area contributed by atoms with E-state index in [2.05, 4.69) is 47.2 Å². The topological polar surface area (TPSA) is 21.3 Å². The second-order valence-electron chi connectivity index (χ2n) is 5.79. The second-order valence-corrected chi connectivity index (χ2v) is 6.65. The number of ether oxygens (including phenoxy) is 1. The average molecular weight is 326 g/mol. The van der Waals surface area contributed by atoms with E-state index >= 15 is 0 Å². The molecule has 1 aromatic rings. The molecule has 0 heterocycles. The van der Waals surface area contributed by atoms with E-state index in [1.807, 2.05) is 6.07 Å². The van der Waals surface area contributed by atoms with Crippen LogP contribution in [-0.4, -0.2) is 12.6 Å². The molecule has 1 saturated carbocycles. The van der Waals surface area contributed by atoms with Crippen LogP contribution in [0.3, 0.4) is 0 Å². The van der Waals surface area contributed by atoms with Crippen LogP contribution in [0.4, 0.5) is 0 Å². The molecule has 1 aromatic carbocycles. The van der Waals surface area contributed by atoms with E-state index in [-0.39, 0.29) is 0 Å². The summed E-state index contributed by atoms with van der Waals surface area (Å²) in [5.41, 5.74) is 1.29. The first-order valence-electron chi connectivity index (χ1n) is 7.30. The van der Waals surface area contributed by atoms with Gasteiger partial charge in [-0.15, -0.1) is 0 Å². The third-order valence-electron chi connectivity index (χ3n) is 3.37. The number of benzene rings is 1. The minimum Gasteiger partial charge on any atom is -0.494 e. The maximum Gasteiger partial charge on any atom is 0.119 e. The van der Waals surface area contributed by atoms with Gasteiger partial charge in [-0.1, -0.05) is 29.8 Å². The normalized spacial score (nSPS) is 14.9. The van der Waals surface area contributed by atoms with E-state index in [0.717, 1.165) is 41.8 Å². The summed E-state index contributed by atoms with van der Waals surface area (Å²) in [6, 6.07) is 7.01. The molecular formula is C16H24BrNO. The Balaban J connectivity index is 1.80. The molecule has 0 saturated heterocycles. The predicted molar refractivity (Wildman–Crippen MR) is 83.6 cm³/mol. The van der Waals surface area contributed by atoms with Crippen LogP contribution in [0.25, 0.3) is 0 Å². The summed E-state index contributed by atoms with van der Waals surface area (Å²) in [4.78, 5) is 0. The van der Waals surface area contributed by atoms with E-state index in [0.29, 0.717) is 0 Å². The van der Waals surface area contributed by atoms with Gasteiger partial charge in [0, 0.05) is 17.1 Å². The summed E-state index contributed by atoms with van der Waals surface area (Å²) in [5.74, 6) is 1.74. The van der Waals surface area contributed by atoms with E-state index in [1.54, 1.807) is 0 Å². The molecule has 106 valence electrons. The molecule has 2 nitrogen and oxygen atoms in total. The molecule has 0 spiro atoms. The lowest BCUT2D eigenvalue weighted by Crippen LogP contribution is -2.15. The molecule has 0 radical (unpaired) electrons. The molecule has 0 atom stereocenters. The Labute approximate surface area is 125 Å². The zero-order valence-electron chi connectivity index (χ0n) is 11.9. The maximum atomic E-state index is 5.83. The van der Waals surface area contributed by atoms with Gasteiger partial charge in [0.15, 0.2) is 0 Å². The molecule has 1 aliphatic rings. The number of halogens is 1. The summed E-state index contributed by atoms with van der Waals surface area (Å²) in [6.45, 7) is 6.24. The quantitative estimate of drug-likeness (QED) is 0.710. The third kappa shape index (κ3) is 5.53. The molecule has 0 bridgehead atoms. The molecule has 1 N–H and O–H groups in total. The van der Waals surface area contributed by atoms with Gasteiger partial charge in [-0.05, 0) is 55.4 Å². The standard InChI is InChI=1S/C16H24BrNO/c1-12(2)4-3-9-19-15-7-8-16(17)13(10-15)11-18-14-5-6-14/h7-8,10,12,14,18H,3-6,9,11H2,1-2H3. The molecule has 2 rings (SSSR count). The van der Waals surface area contributed by atoms with Gasteiger partial charge in [0.2, 0.25) is 0 Å². The highest BCUT2D eigenvalue weighted by Gasteiger charge is 2.20. The van der Waals surface area contributed by atoms with Crippen molar-refractivity contribution in [1.82, 2.24) is 5.32 Å². The molecule has 0 unspecified atom stereocenters. The van der Waals surface area contributed by atoms with Crippen molar-refractivity contribution in [2.75, 3.05) is 6.61 Å². The van der Waals surface area contributed by atoms with E-state index < -0.39 is 0 Å². The summed E-state index contributed by atoms with van der Waals surface area (Å²) >= 11 is 3.61. The van der Waals surface area contributed by atoms with Crippen LogP contribution in [0.5, 0.6) is 5.75 Å². The van der Waals surface area contributed by atoms with Crippen molar-refractivity contribution in [3.63, 3.8) is 0 Å². The second kappa shape index (κ2) is 7.30. The molecule has 0 aromatic heterocycles. The monoisotopic (exact) mass is 325 g/mol. The Morgan fingerprint density at radius 3 is 2.84 bits per heavy atom. The fraction of sp³-hybridized carbons (Fsp3) is 0.625. The van der Waals surface area contributed by atoms with Crippen LogP contribution in [0.2, 0.25) is 0 Å². The molecule has 3 heteroatoms. The minimum atomic E-state index is 0.738. The van der Waals surface area contributed by atoms with Gasteiger partial charge in [-0.25, -0.2) is 0 Å². The van der Waals surface area contributed by atoms with Crippen molar-refractivity contribution in [1.29, 1.82) is 0 Å². The fourth-order valence-corrected chi connectivity index (χ4v) is 2.39. The van der Waals surface area contributed by atoms with E-state index in [1.165, 1.54) is 24.8 Å². The van der Waals surface area contributed by atoms with E-state index in [9.17, 15) is 0 Å². The number of rotatable bonds is 8. The van der Waals surface area contributed by atoms with Crippen molar-refractivity contribution >= 4 is 15.9 Å². The van der Waals surface area contributed by atoms with Crippen molar-refractivity contribution < 1.29 is 4.74 Å². The first kappa shape index (κ1) is 14.9. The molecule has 19 heavy (non-hydrogen) atoms. The highest BCUT2D eigenvalue weighted by atomic mass is 79.9. The van der Waals surface area contributed by atoms with Gasteiger partial charge in [0.1, 0.15) is 5.75 Å². The Kier molecular flexibility index (Phi) is 5.71. The van der Waals surface area contributed by atoms with Gasteiger partial charge >= 0.3 is 0 Å². The first-order valence-corrected chi connectivity index (χ1v) is 8.09. The van der Waals surface area contributed by atoms with Crippen LogP contribution in [0, 0.1) is 5.92 Å². The Bertz CT molecular complexity index is 402. The minimum absolute atomic E-state index is 0.738. The summed E-state index contributed by atoms with van der Waals surface area (Å²) in [7, 11) is 0. The smallest absolute Gasteiger partial charge is 0.119 e. The molecule has 1 aliphatic carbocycles. The summed E-state index contributed by atoms with van der Waals surface area (Å²) in [5, 5.41) is 3.54. The van der Waals surface area contributed by atoms with Crippen molar-refractivity contribution in [3.05, 3.63) is 28.2 Å². The van der Waals surface area contributed by atoms with Crippen LogP contribution in [0.15, 0.2) is 22.7 Å². The lowest BCUT2D eigenvalue weighted by molar-refractivity contribution is 0.297. The van der Waals surface area contributed by atoms with Gasteiger partial charge in [-0.2, -0.15) is 0 Å². The van der Waals surface area contributed by atoms with Crippen LogP contribution >= 0.6 is 15.9 Å². The lowest BCUT2D eigenvalue weighted by Gasteiger charge is -2.11. The van der Waals surface area contributed by atoms with Crippen molar-refractivity contribution in [3.8, 4) is 5.75 Å². The molecule has 0 aliphatic heterocycles. The zero-order valence-corrected chi connectivity index (χ0v) is 13.5. The van der Waals surface area contributed by atoms with Crippen LogP contribution < -0.4 is 10.1 Å². The number of hydrogen-bond donors (Lipinski definition) is 1. The first-order chi connectivity index (χ1) is 9.15. The van der Waals surface area contributed by atoms with Crippen LogP contribution in [-0.2, 0) is 6.54 Å². The van der Waals surface area contributed by atoms with Crippen molar-refractivity contribution in [2.45, 2.75) is 52.1 Å². The summed E-state index contributed by atoms with van der Waals surface area (Å²) < 4.78 is 6.99. The van der Waals surface area contributed by atoms with E-state index in [4.69, 9.17) is 4.74 Å². The number of nitrogens with one attached hydrogen (secondary N) is 1. The van der Waals surface area contributed by atoms with Gasteiger partial charge in [0.25, 0.3) is 0 Å². The van der Waals surface area contributed by atoms with Crippen LogP contribution in [0.1, 0.15) is 45.1 Å². The van der Waals surface area contributed by atoms with Gasteiger partial charge in [-0.3, -0.25) is 0 Å². The third-order valence-corrected chi connectivity index (χ3v) is 4.14. The maximum absolute atomic E-state index is 5.83. The summed E-state index contributed by atoms with van der Waals surface area (Å²) in [6.07, 6.45) is 5.00. The lowest BCUT2D eigenvalue weighted by atomic mass is 10.1. The largest absolute Gasteiger partial charge is 0.494 e. The Morgan fingerprint density at radius 1 is 1.37 bits per heavy atom. The highest BCUT2D eigenvalue weighted by molar-refractivity contribution is 9.10. The van der Waals surface area contributed by atoms with Crippen molar-refractivity contribution in [2.24, 2.45) is 5.92 Å². The SMILES string of the molecule is CC(C)CCCOc1ccc(Br)c(CNC2CC2)c1. The predicted octanol–water partition coefficient (Wildman–Crippen LogP) is 4.52. The Hall–Kier alpha value is -0.540. The van der Waals surface area contributed by atoms with Gasteiger partial charge in [0.05, 0.1) is 6.61 Å². The Morgan fingerprint density at radius 2 is 2.16 bits per heavy atom. The number of hydrogen-bond acceptors (Lipinski definition) is 2. The molecule has 0 amide bonds. The highest BCUT2D eigenvalue weighted by Crippen LogP contribution is 2.25. The molecule has 1 fully saturated rings. The average Bonchev–Trinajstić information content (AvgIpc) is 3.18. The molecular weight excluding hydrogens is 302 g/mol. The fourth-order valence-electron chi connectivity index (χ4n) is 2.00.